The highest BCUT2D eigenvalue weighted by molar-refractivity contribution is 9.11. The zero-order valence-corrected chi connectivity index (χ0v) is 17.9. The Kier molecular flexibility index (Phi) is 5.23. The Morgan fingerprint density at radius 1 is 1.30 bits per heavy atom. The summed E-state index contributed by atoms with van der Waals surface area (Å²) in [5.74, 6) is 1.12. The quantitative estimate of drug-likeness (QED) is 0.338. The maximum Gasteiger partial charge on any atom is 0.270 e. The lowest BCUT2D eigenvalue weighted by atomic mass is 10.3. The molecule has 1 aromatic carbocycles. The van der Waals surface area contributed by atoms with E-state index < -0.39 is 0 Å². The van der Waals surface area contributed by atoms with E-state index in [1.807, 2.05) is 12.1 Å². The SMILES string of the molecule is COc1ccc(Cl)c2sc(N(Cc3ccco3)C(=O)c3ccc(Br)s3)nc12. The largest absolute Gasteiger partial charge is 0.494 e. The van der Waals surface area contributed by atoms with Gasteiger partial charge in [-0.05, 0) is 52.3 Å². The van der Waals surface area contributed by atoms with Gasteiger partial charge in [0.15, 0.2) is 5.13 Å². The summed E-state index contributed by atoms with van der Waals surface area (Å²) in [6.45, 7) is 0.265. The Hall–Kier alpha value is -1.87. The number of carbonyl (C=O) groups is 1. The molecule has 4 aromatic rings. The van der Waals surface area contributed by atoms with Gasteiger partial charge in [0.1, 0.15) is 17.0 Å². The first-order chi connectivity index (χ1) is 13.1. The van der Waals surface area contributed by atoms with Gasteiger partial charge in [0.25, 0.3) is 5.91 Å². The van der Waals surface area contributed by atoms with Crippen LogP contribution in [0.25, 0.3) is 10.2 Å². The molecular formula is C18H12BrClN2O3S2. The summed E-state index contributed by atoms with van der Waals surface area (Å²) in [5.41, 5.74) is 0.634. The number of anilines is 1. The molecule has 0 N–H and O–H groups in total. The summed E-state index contributed by atoms with van der Waals surface area (Å²) in [6.07, 6.45) is 1.58. The number of rotatable bonds is 5. The number of methoxy groups -OCH3 is 1. The number of hydrogen-bond donors (Lipinski definition) is 0. The number of nitrogens with zero attached hydrogens (tertiary/aromatic N) is 2. The van der Waals surface area contributed by atoms with Gasteiger partial charge in [-0.2, -0.15) is 0 Å². The molecule has 0 aliphatic heterocycles. The highest BCUT2D eigenvalue weighted by atomic mass is 79.9. The van der Waals surface area contributed by atoms with Crippen molar-refractivity contribution >= 4 is 71.5 Å². The van der Waals surface area contributed by atoms with E-state index in [0.29, 0.717) is 32.1 Å². The number of amides is 1. The minimum absolute atomic E-state index is 0.156. The van der Waals surface area contributed by atoms with E-state index in [4.69, 9.17) is 20.8 Å². The third kappa shape index (κ3) is 3.62. The van der Waals surface area contributed by atoms with Crippen molar-refractivity contribution in [1.29, 1.82) is 0 Å². The van der Waals surface area contributed by atoms with Crippen LogP contribution in [0.3, 0.4) is 0 Å². The third-order valence-corrected chi connectivity index (χ3v) is 6.97. The average Bonchev–Trinajstić information content (AvgIpc) is 3.40. The minimum Gasteiger partial charge on any atom is -0.494 e. The number of aromatic nitrogens is 1. The number of benzene rings is 1. The van der Waals surface area contributed by atoms with Crippen LogP contribution in [-0.4, -0.2) is 18.0 Å². The summed E-state index contributed by atoms with van der Waals surface area (Å²) < 4.78 is 12.5. The van der Waals surface area contributed by atoms with Crippen LogP contribution < -0.4 is 9.64 Å². The van der Waals surface area contributed by atoms with Crippen LogP contribution in [0.2, 0.25) is 5.02 Å². The average molecular weight is 484 g/mol. The number of thiazole rings is 1. The molecule has 9 heteroatoms. The van der Waals surface area contributed by atoms with Crippen molar-refractivity contribution in [2.75, 3.05) is 12.0 Å². The Labute approximate surface area is 176 Å². The van der Waals surface area contributed by atoms with Crippen molar-refractivity contribution in [3.8, 4) is 5.75 Å². The molecular weight excluding hydrogens is 472 g/mol. The Bertz CT molecular complexity index is 1110. The molecule has 0 saturated carbocycles. The standard InChI is InChI=1S/C18H12BrClN2O3S2/c1-24-12-5-4-11(20)16-15(12)21-18(27-16)22(9-10-3-2-8-25-10)17(23)13-6-7-14(19)26-13/h2-8H,9H2,1H3. The minimum atomic E-state index is -0.156. The lowest BCUT2D eigenvalue weighted by Crippen LogP contribution is -2.29. The van der Waals surface area contributed by atoms with Crippen LogP contribution in [-0.2, 0) is 6.54 Å². The number of ether oxygens (including phenoxy) is 1. The predicted octanol–water partition coefficient (Wildman–Crippen LogP) is 6.22. The van der Waals surface area contributed by atoms with Crippen molar-refractivity contribution in [2.24, 2.45) is 0 Å². The fourth-order valence-electron chi connectivity index (χ4n) is 2.57. The van der Waals surface area contributed by atoms with Gasteiger partial charge in [0.2, 0.25) is 0 Å². The van der Waals surface area contributed by atoms with E-state index in [1.165, 1.54) is 22.7 Å². The highest BCUT2D eigenvalue weighted by Gasteiger charge is 2.25. The highest BCUT2D eigenvalue weighted by Crippen LogP contribution is 2.39. The van der Waals surface area contributed by atoms with Gasteiger partial charge >= 0.3 is 0 Å². The molecule has 3 heterocycles. The lowest BCUT2D eigenvalue weighted by molar-refractivity contribution is 0.0987. The molecule has 0 aliphatic carbocycles. The molecule has 5 nitrogen and oxygen atoms in total. The maximum atomic E-state index is 13.2. The van der Waals surface area contributed by atoms with Crippen LogP contribution in [0.4, 0.5) is 5.13 Å². The molecule has 0 unspecified atom stereocenters. The van der Waals surface area contributed by atoms with Crippen molar-refractivity contribution < 1.29 is 13.9 Å². The van der Waals surface area contributed by atoms with Crippen LogP contribution in [0.1, 0.15) is 15.4 Å². The molecule has 0 bridgehead atoms. The molecule has 138 valence electrons. The number of fused-ring (bicyclic) bond motifs is 1. The summed E-state index contributed by atoms with van der Waals surface area (Å²) >= 11 is 12.5. The Morgan fingerprint density at radius 2 is 2.15 bits per heavy atom. The van der Waals surface area contributed by atoms with E-state index >= 15 is 0 Å². The fourth-order valence-corrected chi connectivity index (χ4v) is 5.16. The second-order valence-corrected chi connectivity index (χ2v) is 9.35. The normalized spacial score (nSPS) is 11.1. The van der Waals surface area contributed by atoms with Gasteiger partial charge in [-0.25, -0.2) is 4.98 Å². The van der Waals surface area contributed by atoms with Crippen LogP contribution >= 0.6 is 50.2 Å². The zero-order chi connectivity index (χ0) is 19.0. The fraction of sp³-hybridized carbons (Fsp3) is 0.111. The molecule has 4 rings (SSSR count). The number of carbonyl (C=O) groups excluding carboxylic acids is 1. The van der Waals surface area contributed by atoms with Crippen molar-refractivity contribution in [3.63, 3.8) is 0 Å². The molecule has 0 radical (unpaired) electrons. The van der Waals surface area contributed by atoms with Gasteiger partial charge in [0.05, 0.1) is 38.3 Å². The number of furan rings is 1. The van der Waals surface area contributed by atoms with Crippen LogP contribution in [0.5, 0.6) is 5.75 Å². The van der Waals surface area contributed by atoms with Gasteiger partial charge in [0, 0.05) is 0 Å². The molecule has 27 heavy (non-hydrogen) atoms. The van der Waals surface area contributed by atoms with E-state index in [1.54, 1.807) is 42.5 Å². The summed E-state index contributed by atoms with van der Waals surface area (Å²) in [7, 11) is 1.58. The smallest absolute Gasteiger partial charge is 0.270 e. The monoisotopic (exact) mass is 482 g/mol. The summed E-state index contributed by atoms with van der Waals surface area (Å²) in [4.78, 5) is 20.0. The number of thiophene rings is 1. The third-order valence-electron chi connectivity index (χ3n) is 3.82. The topological polar surface area (TPSA) is 55.6 Å². The van der Waals surface area contributed by atoms with Gasteiger partial charge in [-0.1, -0.05) is 22.9 Å². The second kappa shape index (κ2) is 7.63. The van der Waals surface area contributed by atoms with E-state index in [2.05, 4.69) is 20.9 Å². The van der Waals surface area contributed by atoms with E-state index in [0.717, 1.165) is 8.49 Å². The second-order valence-electron chi connectivity index (χ2n) is 5.50. The van der Waals surface area contributed by atoms with Crippen molar-refractivity contribution in [3.05, 3.63) is 62.1 Å². The summed E-state index contributed by atoms with van der Waals surface area (Å²) in [5, 5.41) is 1.10. The molecule has 0 fully saturated rings. The molecule has 1 amide bonds. The predicted molar refractivity (Wildman–Crippen MR) is 112 cm³/mol. The first-order valence-electron chi connectivity index (χ1n) is 7.79. The first kappa shape index (κ1) is 18.5. The van der Waals surface area contributed by atoms with Crippen LogP contribution in [0.15, 0.2) is 50.9 Å². The molecule has 0 atom stereocenters. The first-order valence-corrected chi connectivity index (χ1v) is 10.6. The van der Waals surface area contributed by atoms with Gasteiger partial charge in [-0.3, -0.25) is 9.69 Å². The summed E-state index contributed by atoms with van der Waals surface area (Å²) in [6, 6.07) is 10.8. The molecule has 0 aliphatic rings. The molecule has 3 aromatic heterocycles. The Morgan fingerprint density at radius 3 is 2.81 bits per heavy atom. The lowest BCUT2D eigenvalue weighted by Gasteiger charge is -2.17. The molecule has 0 spiro atoms. The van der Waals surface area contributed by atoms with E-state index in [9.17, 15) is 4.79 Å². The number of halogens is 2. The van der Waals surface area contributed by atoms with Gasteiger partial charge < -0.3 is 9.15 Å². The van der Waals surface area contributed by atoms with Crippen molar-refractivity contribution in [2.45, 2.75) is 6.54 Å². The van der Waals surface area contributed by atoms with Crippen molar-refractivity contribution in [1.82, 2.24) is 4.98 Å². The molecule has 0 saturated heterocycles. The number of hydrogen-bond acceptors (Lipinski definition) is 6. The van der Waals surface area contributed by atoms with Crippen LogP contribution in [0, 0.1) is 0 Å². The van der Waals surface area contributed by atoms with E-state index in [-0.39, 0.29) is 12.5 Å². The van der Waals surface area contributed by atoms with Gasteiger partial charge in [-0.15, -0.1) is 11.3 Å². The maximum absolute atomic E-state index is 13.2. The Balaban J connectivity index is 1.81. The zero-order valence-electron chi connectivity index (χ0n) is 13.9.